The van der Waals surface area contributed by atoms with Gasteiger partial charge in [-0.05, 0) is 25.8 Å². The second-order valence-corrected chi connectivity index (χ2v) is 6.06. The van der Waals surface area contributed by atoms with Gasteiger partial charge in [-0.2, -0.15) is 5.10 Å². The van der Waals surface area contributed by atoms with Crippen LogP contribution >= 0.6 is 11.6 Å². The quantitative estimate of drug-likeness (QED) is 0.789. The molecule has 114 valence electrons. The minimum Gasteiger partial charge on any atom is -0.349 e. The summed E-state index contributed by atoms with van der Waals surface area (Å²) in [5.74, 6) is 0.966. The van der Waals surface area contributed by atoms with Crippen LogP contribution in [0.25, 0.3) is 11.0 Å². The van der Waals surface area contributed by atoms with Crippen LogP contribution in [0.2, 0.25) is 5.15 Å². The van der Waals surface area contributed by atoms with Crippen LogP contribution in [0.15, 0.2) is 18.6 Å². The van der Waals surface area contributed by atoms with Gasteiger partial charge in [-0.1, -0.05) is 11.6 Å². The number of nitrogens with one attached hydrogen (secondary N) is 1. The Hall–Kier alpha value is -2.08. The lowest BCUT2D eigenvalue weighted by molar-refractivity contribution is 0.707. The van der Waals surface area contributed by atoms with E-state index in [0.717, 1.165) is 47.5 Å². The molecule has 0 spiro atoms. The third kappa shape index (κ3) is 1.90. The van der Waals surface area contributed by atoms with Crippen molar-refractivity contribution in [2.75, 3.05) is 11.4 Å². The number of hydrogen-bond donors (Lipinski definition) is 1. The Morgan fingerprint density at radius 2 is 2.23 bits per heavy atom. The molecule has 1 aliphatic heterocycles. The highest BCUT2D eigenvalue weighted by atomic mass is 35.5. The van der Waals surface area contributed by atoms with Gasteiger partial charge in [0.15, 0.2) is 0 Å². The van der Waals surface area contributed by atoms with Crippen molar-refractivity contribution in [2.45, 2.75) is 25.8 Å². The van der Waals surface area contributed by atoms with Gasteiger partial charge in [0.25, 0.3) is 0 Å². The van der Waals surface area contributed by atoms with Crippen molar-refractivity contribution in [1.29, 1.82) is 0 Å². The lowest BCUT2D eigenvalue weighted by atomic mass is 10.1. The average molecular weight is 317 g/mol. The van der Waals surface area contributed by atoms with E-state index in [2.05, 4.69) is 25.0 Å². The van der Waals surface area contributed by atoms with Crippen molar-refractivity contribution >= 4 is 28.5 Å². The standard InChI is InChI=1S/C15H17ClN6/c1-9-12(13(16)21(2)20-9)11-4-3-7-22(11)15-10-5-6-17-14(10)18-8-19-15/h5-6,8,11H,3-4,7H2,1-2H3,(H,17,18,19)/t11-/m1/s1. The molecule has 4 heterocycles. The zero-order valence-electron chi connectivity index (χ0n) is 12.5. The first kappa shape index (κ1) is 13.6. The van der Waals surface area contributed by atoms with Crippen LogP contribution in [0.4, 0.5) is 5.82 Å². The smallest absolute Gasteiger partial charge is 0.142 e. The molecule has 0 bridgehead atoms. The topological polar surface area (TPSA) is 62.6 Å². The summed E-state index contributed by atoms with van der Waals surface area (Å²) in [6.07, 6.45) is 5.69. The summed E-state index contributed by atoms with van der Waals surface area (Å²) in [6.45, 7) is 2.98. The third-order valence-electron chi connectivity index (χ3n) is 4.39. The molecule has 7 heteroatoms. The van der Waals surface area contributed by atoms with Crippen LogP contribution in [-0.2, 0) is 7.05 Å². The Morgan fingerprint density at radius 1 is 1.36 bits per heavy atom. The highest BCUT2D eigenvalue weighted by molar-refractivity contribution is 6.30. The maximum Gasteiger partial charge on any atom is 0.142 e. The Morgan fingerprint density at radius 3 is 3.00 bits per heavy atom. The van der Waals surface area contributed by atoms with Gasteiger partial charge in [-0.15, -0.1) is 0 Å². The number of anilines is 1. The fourth-order valence-electron chi connectivity index (χ4n) is 3.43. The fourth-order valence-corrected chi connectivity index (χ4v) is 3.73. The first-order valence-corrected chi connectivity index (χ1v) is 7.78. The molecule has 0 aromatic carbocycles. The molecule has 3 aromatic rings. The summed E-state index contributed by atoms with van der Waals surface area (Å²) in [4.78, 5) is 14.3. The van der Waals surface area contributed by atoms with E-state index in [9.17, 15) is 0 Å². The number of H-pyrrole nitrogens is 1. The number of aromatic amines is 1. The number of aryl methyl sites for hydroxylation is 2. The molecule has 0 amide bonds. The fraction of sp³-hybridized carbons (Fsp3) is 0.400. The molecule has 0 unspecified atom stereocenters. The number of nitrogens with zero attached hydrogens (tertiary/aromatic N) is 5. The normalized spacial score (nSPS) is 18.5. The van der Waals surface area contributed by atoms with Crippen LogP contribution in [0, 0.1) is 6.92 Å². The Balaban J connectivity index is 1.83. The second-order valence-electron chi connectivity index (χ2n) is 5.70. The van der Waals surface area contributed by atoms with Crippen molar-refractivity contribution in [3.05, 3.63) is 35.0 Å². The van der Waals surface area contributed by atoms with E-state index in [1.165, 1.54) is 0 Å². The number of halogens is 1. The molecule has 0 radical (unpaired) electrons. The predicted molar refractivity (Wildman–Crippen MR) is 86.2 cm³/mol. The first-order valence-electron chi connectivity index (χ1n) is 7.40. The second kappa shape index (κ2) is 4.98. The van der Waals surface area contributed by atoms with E-state index in [1.807, 2.05) is 26.2 Å². The molecule has 1 atom stereocenters. The molecular weight excluding hydrogens is 300 g/mol. The van der Waals surface area contributed by atoms with Crippen LogP contribution in [0.1, 0.15) is 30.1 Å². The molecule has 4 rings (SSSR count). The number of fused-ring (bicyclic) bond motifs is 1. The Kier molecular flexibility index (Phi) is 3.07. The van der Waals surface area contributed by atoms with Gasteiger partial charge in [0.1, 0.15) is 22.9 Å². The molecule has 1 N–H and O–H groups in total. The summed E-state index contributed by atoms with van der Waals surface area (Å²) in [7, 11) is 1.88. The van der Waals surface area contributed by atoms with E-state index < -0.39 is 0 Å². The zero-order chi connectivity index (χ0) is 15.3. The van der Waals surface area contributed by atoms with Crippen molar-refractivity contribution in [2.24, 2.45) is 7.05 Å². The molecule has 0 aliphatic carbocycles. The molecule has 3 aromatic heterocycles. The molecule has 6 nitrogen and oxygen atoms in total. The van der Waals surface area contributed by atoms with Crippen molar-refractivity contribution in [3.8, 4) is 0 Å². The summed E-state index contributed by atoms with van der Waals surface area (Å²) < 4.78 is 1.74. The van der Waals surface area contributed by atoms with Crippen molar-refractivity contribution in [3.63, 3.8) is 0 Å². The summed E-state index contributed by atoms with van der Waals surface area (Å²) >= 11 is 6.48. The molecule has 1 fully saturated rings. The van der Waals surface area contributed by atoms with Crippen LogP contribution in [-0.4, -0.2) is 31.3 Å². The molecule has 1 saturated heterocycles. The van der Waals surface area contributed by atoms with Gasteiger partial charge in [-0.25, -0.2) is 9.97 Å². The van der Waals surface area contributed by atoms with Crippen molar-refractivity contribution in [1.82, 2.24) is 24.7 Å². The Labute approximate surface area is 133 Å². The molecule has 22 heavy (non-hydrogen) atoms. The minimum absolute atomic E-state index is 0.217. The molecule has 1 aliphatic rings. The zero-order valence-corrected chi connectivity index (χ0v) is 13.3. The van der Waals surface area contributed by atoms with E-state index >= 15 is 0 Å². The number of aromatic nitrogens is 5. The van der Waals surface area contributed by atoms with Gasteiger partial charge in [0.2, 0.25) is 0 Å². The highest BCUT2D eigenvalue weighted by Crippen LogP contribution is 2.41. The van der Waals surface area contributed by atoms with Gasteiger partial charge in [-0.3, -0.25) is 4.68 Å². The highest BCUT2D eigenvalue weighted by Gasteiger charge is 2.32. The van der Waals surface area contributed by atoms with Crippen LogP contribution in [0.3, 0.4) is 0 Å². The van der Waals surface area contributed by atoms with E-state index in [1.54, 1.807) is 11.0 Å². The summed E-state index contributed by atoms with van der Waals surface area (Å²) in [6, 6.07) is 2.24. The predicted octanol–water partition coefficient (Wildman–Crippen LogP) is 2.99. The average Bonchev–Trinajstić information content (AvgIpc) is 3.19. The SMILES string of the molecule is Cc1nn(C)c(Cl)c1[C@H]1CCCN1c1ncnc2[nH]ccc12. The number of hydrogen-bond acceptors (Lipinski definition) is 4. The summed E-state index contributed by atoms with van der Waals surface area (Å²) in [5, 5.41) is 6.22. The largest absolute Gasteiger partial charge is 0.349 e. The van der Waals surface area contributed by atoms with Gasteiger partial charge in [0, 0.05) is 25.4 Å². The van der Waals surface area contributed by atoms with Gasteiger partial charge in [0.05, 0.1) is 17.1 Å². The lowest BCUT2D eigenvalue weighted by Gasteiger charge is -2.26. The lowest BCUT2D eigenvalue weighted by Crippen LogP contribution is -2.24. The number of rotatable bonds is 2. The van der Waals surface area contributed by atoms with E-state index in [-0.39, 0.29) is 6.04 Å². The Bertz CT molecular complexity index is 836. The minimum atomic E-state index is 0.217. The summed E-state index contributed by atoms with van der Waals surface area (Å²) in [5.41, 5.74) is 2.97. The van der Waals surface area contributed by atoms with Gasteiger partial charge >= 0.3 is 0 Å². The van der Waals surface area contributed by atoms with Crippen LogP contribution < -0.4 is 4.90 Å². The van der Waals surface area contributed by atoms with Crippen LogP contribution in [0.5, 0.6) is 0 Å². The van der Waals surface area contributed by atoms with E-state index in [4.69, 9.17) is 11.6 Å². The van der Waals surface area contributed by atoms with Gasteiger partial charge < -0.3 is 9.88 Å². The first-order chi connectivity index (χ1) is 10.7. The maximum absolute atomic E-state index is 6.48. The third-order valence-corrected chi connectivity index (χ3v) is 4.84. The maximum atomic E-state index is 6.48. The van der Waals surface area contributed by atoms with E-state index in [0.29, 0.717) is 5.15 Å². The molecular formula is C15H17ClN6. The van der Waals surface area contributed by atoms with Crippen molar-refractivity contribution < 1.29 is 0 Å². The molecule has 0 saturated carbocycles. The monoisotopic (exact) mass is 316 g/mol.